The zero-order valence-electron chi connectivity index (χ0n) is 13.7. The molecule has 0 aromatic carbocycles. The van der Waals surface area contributed by atoms with Gasteiger partial charge in [-0.2, -0.15) is 0 Å². The third-order valence-electron chi connectivity index (χ3n) is 3.31. The molecule has 0 aliphatic heterocycles. The zero-order chi connectivity index (χ0) is 15.6. The molecular weight excluding hydrogens is 280 g/mol. The summed E-state index contributed by atoms with van der Waals surface area (Å²) in [7, 11) is 1.88. The molecule has 2 rings (SSSR count). The van der Waals surface area contributed by atoms with Crippen LogP contribution in [0.5, 0.6) is 0 Å². The number of hydrogen-bond donors (Lipinski definition) is 2. The van der Waals surface area contributed by atoms with Gasteiger partial charge in [-0.05, 0) is 25.5 Å². The fraction of sp³-hybridized carbons (Fsp3) is 0.500. The number of nitrogens with zero attached hydrogens (tertiary/aromatic N) is 2. The van der Waals surface area contributed by atoms with E-state index in [1.165, 1.54) is 15.3 Å². The number of aryl methyl sites for hydroxylation is 2. The van der Waals surface area contributed by atoms with Crippen molar-refractivity contribution in [1.29, 1.82) is 0 Å². The van der Waals surface area contributed by atoms with Crippen molar-refractivity contribution in [3.8, 4) is 0 Å². The van der Waals surface area contributed by atoms with Crippen LogP contribution in [0.4, 0.5) is 11.6 Å². The van der Waals surface area contributed by atoms with E-state index in [1.807, 2.05) is 24.5 Å². The molecule has 21 heavy (non-hydrogen) atoms. The van der Waals surface area contributed by atoms with Crippen molar-refractivity contribution in [2.75, 3.05) is 17.7 Å². The first-order chi connectivity index (χ1) is 9.79. The maximum absolute atomic E-state index is 4.64. The molecular formula is C16H24N4S. The maximum atomic E-state index is 4.64. The predicted molar refractivity (Wildman–Crippen MR) is 91.4 cm³/mol. The Labute approximate surface area is 131 Å². The summed E-state index contributed by atoms with van der Waals surface area (Å²) < 4.78 is 0. The Morgan fingerprint density at radius 2 is 1.76 bits per heavy atom. The Morgan fingerprint density at radius 3 is 2.29 bits per heavy atom. The van der Waals surface area contributed by atoms with Gasteiger partial charge < -0.3 is 10.6 Å². The Bertz CT molecular complexity index is 606. The predicted octanol–water partition coefficient (Wildman–Crippen LogP) is 4.11. The molecule has 2 aromatic rings. The molecule has 114 valence electrons. The Kier molecular flexibility index (Phi) is 4.52. The van der Waals surface area contributed by atoms with Gasteiger partial charge in [-0.15, -0.1) is 11.3 Å². The van der Waals surface area contributed by atoms with Gasteiger partial charge in [0.05, 0.1) is 6.54 Å². The number of nitrogens with one attached hydrogen (secondary N) is 2. The van der Waals surface area contributed by atoms with Crippen LogP contribution in [-0.4, -0.2) is 17.0 Å². The first kappa shape index (κ1) is 15.8. The Morgan fingerprint density at radius 1 is 1.10 bits per heavy atom. The molecule has 5 heteroatoms. The van der Waals surface area contributed by atoms with Gasteiger partial charge >= 0.3 is 0 Å². The molecule has 0 amide bonds. The minimum atomic E-state index is -0.0700. The average Bonchev–Trinajstić information content (AvgIpc) is 2.74. The smallest absolute Gasteiger partial charge is 0.138 e. The first-order valence-electron chi connectivity index (χ1n) is 7.16. The van der Waals surface area contributed by atoms with Gasteiger partial charge in [-0.3, -0.25) is 0 Å². The van der Waals surface area contributed by atoms with Crippen molar-refractivity contribution in [3.63, 3.8) is 0 Å². The molecule has 0 saturated heterocycles. The molecule has 2 heterocycles. The molecule has 0 saturated carbocycles. The molecule has 2 aromatic heterocycles. The number of aromatic nitrogens is 2. The second-order valence-corrected chi connectivity index (χ2v) is 7.61. The van der Waals surface area contributed by atoms with Gasteiger partial charge in [0.25, 0.3) is 0 Å². The lowest BCUT2D eigenvalue weighted by molar-refractivity contribution is 0.546. The highest BCUT2D eigenvalue weighted by Gasteiger charge is 2.19. The lowest BCUT2D eigenvalue weighted by Gasteiger charge is -2.18. The molecule has 4 nitrogen and oxygen atoms in total. The average molecular weight is 304 g/mol. The van der Waals surface area contributed by atoms with Crippen molar-refractivity contribution in [2.45, 2.75) is 46.6 Å². The van der Waals surface area contributed by atoms with Crippen LogP contribution >= 0.6 is 11.3 Å². The molecule has 0 radical (unpaired) electrons. The molecule has 0 spiro atoms. The number of rotatable bonds is 4. The molecule has 2 N–H and O–H groups in total. The fourth-order valence-corrected chi connectivity index (χ4v) is 2.91. The SMILES string of the molecule is CNc1cc(NCc2cc(C)c(C)s2)nc(C(C)(C)C)n1. The summed E-state index contributed by atoms with van der Waals surface area (Å²) in [5, 5.41) is 6.51. The summed E-state index contributed by atoms with van der Waals surface area (Å²) in [5.41, 5.74) is 1.28. The second kappa shape index (κ2) is 6.02. The summed E-state index contributed by atoms with van der Waals surface area (Å²) >= 11 is 1.83. The van der Waals surface area contributed by atoms with Crippen LogP contribution in [-0.2, 0) is 12.0 Å². The highest BCUT2D eigenvalue weighted by molar-refractivity contribution is 7.12. The van der Waals surface area contributed by atoms with Gasteiger partial charge in [0.1, 0.15) is 17.5 Å². The molecule has 0 atom stereocenters. The van der Waals surface area contributed by atoms with Crippen molar-refractivity contribution in [1.82, 2.24) is 9.97 Å². The third-order valence-corrected chi connectivity index (χ3v) is 4.47. The molecule has 0 aliphatic rings. The summed E-state index contributed by atoms with van der Waals surface area (Å²) in [6.45, 7) is 11.5. The standard InChI is InChI=1S/C16H24N4S/c1-10-7-12(21-11(10)2)9-18-14-8-13(17-6)19-15(20-14)16(3,4)5/h7-8H,9H2,1-6H3,(H2,17,18,19,20). The van der Waals surface area contributed by atoms with E-state index in [2.05, 4.69) is 61.3 Å². The molecule has 0 fully saturated rings. The monoisotopic (exact) mass is 304 g/mol. The van der Waals surface area contributed by atoms with Crippen LogP contribution in [0.2, 0.25) is 0 Å². The Balaban J connectivity index is 2.19. The van der Waals surface area contributed by atoms with Crippen molar-refractivity contribution in [2.24, 2.45) is 0 Å². The van der Waals surface area contributed by atoms with E-state index in [1.54, 1.807) is 0 Å². The van der Waals surface area contributed by atoms with Crippen molar-refractivity contribution in [3.05, 3.63) is 33.3 Å². The van der Waals surface area contributed by atoms with Crippen molar-refractivity contribution >= 4 is 23.0 Å². The molecule has 0 unspecified atom stereocenters. The number of thiophene rings is 1. The van der Waals surface area contributed by atoms with Crippen LogP contribution in [0.25, 0.3) is 0 Å². The summed E-state index contributed by atoms with van der Waals surface area (Å²) in [5.74, 6) is 2.55. The van der Waals surface area contributed by atoms with Gasteiger partial charge in [0.2, 0.25) is 0 Å². The minimum absolute atomic E-state index is 0.0700. The Hall–Kier alpha value is -1.62. The highest BCUT2D eigenvalue weighted by atomic mass is 32.1. The topological polar surface area (TPSA) is 49.8 Å². The summed E-state index contributed by atoms with van der Waals surface area (Å²) in [4.78, 5) is 11.9. The maximum Gasteiger partial charge on any atom is 0.138 e. The minimum Gasteiger partial charge on any atom is -0.373 e. The first-order valence-corrected chi connectivity index (χ1v) is 7.98. The van der Waals surface area contributed by atoms with Crippen molar-refractivity contribution < 1.29 is 0 Å². The largest absolute Gasteiger partial charge is 0.373 e. The fourth-order valence-electron chi connectivity index (χ4n) is 1.92. The molecule has 0 aliphatic carbocycles. The van der Waals surface area contributed by atoms with Gasteiger partial charge in [0, 0.05) is 28.3 Å². The normalized spacial score (nSPS) is 11.5. The van der Waals surface area contributed by atoms with Gasteiger partial charge in [0.15, 0.2) is 0 Å². The van der Waals surface area contributed by atoms with E-state index >= 15 is 0 Å². The van der Waals surface area contributed by atoms with E-state index in [9.17, 15) is 0 Å². The zero-order valence-corrected chi connectivity index (χ0v) is 14.5. The van der Waals surface area contributed by atoms with Gasteiger partial charge in [-0.1, -0.05) is 20.8 Å². The van der Waals surface area contributed by atoms with E-state index in [4.69, 9.17) is 0 Å². The van der Waals surface area contributed by atoms with Crippen LogP contribution in [0.15, 0.2) is 12.1 Å². The van der Waals surface area contributed by atoms with Crippen LogP contribution in [0.1, 0.15) is 41.9 Å². The summed E-state index contributed by atoms with van der Waals surface area (Å²) in [6, 6.07) is 4.18. The summed E-state index contributed by atoms with van der Waals surface area (Å²) in [6.07, 6.45) is 0. The third kappa shape index (κ3) is 3.94. The highest BCUT2D eigenvalue weighted by Crippen LogP contribution is 2.24. The van der Waals surface area contributed by atoms with E-state index in [0.717, 1.165) is 24.0 Å². The van der Waals surface area contributed by atoms with E-state index < -0.39 is 0 Å². The lowest BCUT2D eigenvalue weighted by Crippen LogP contribution is -2.18. The number of anilines is 2. The number of hydrogen-bond acceptors (Lipinski definition) is 5. The van der Waals surface area contributed by atoms with E-state index in [0.29, 0.717) is 0 Å². The molecule has 0 bridgehead atoms. The van der Waals surface area contributed by atoms with Gasteiger partial charge in [-0.25, -0.2) is 9.97 Å². The second-order valence-electron chi connectivity index (χ2n) is 6.27. The lowest BCUT2D eigenvalue weighted by atomic mass is 9.96. The quantitative estimate of drug-likeness (QED) is 0.892. The van der Waals surface area contributed by atoms with Crippen LogP contribution < -0.4 is 10.6 Å². The van der Waals surface area contributed by atoms with E-state index in [-0.39, 0.29) is 5.41 Å². The van der Waals surface area contributed by atoms with Crippen LogP contribution in [0, 0.1) is 13.8 Å². The van der Waals surface area contributed by atoms with Crippen LogP contribution in [0.3, 0.4) is 0 Å².